The fourth-order valence-corrected chi connectivity index (χ4v) is 3.76. The van der Waals surface area contributed by atoms with Gasteiger partial charge in [0.25, 0.3) is 0 Å². The molecule has 2 atom stereocenters. The van der Waals surface area contributed by atoms with E-state index in [-0.39, 0.29) is 18.8 Å². The number of carboxylic acids is 1. The first-order chi connectivity index (χ1) is 13.2. The molecule has 1 heterocycles. The van der Waals surface area contributed by atoms with E-state index in [9.17, 15) is 24.0 Å². The van der Waals surface area contributed by atoms with Crippen LogP contribution in [0.15, 0.2) is 24.3 Å². The minimum absolute atomic E-state index is 0.0474. The summed E-state index contributed by atoms with van der Waals surface area (Å²) in [5.41, 5.74) is 0.623. The van der Waals surface area contributed by atoms with Crippen LogP contribution in [0.25, 0.3) is 0 Å². The maximum atomic E-state index is 12.6. The van der Waals surface area contributed by atoms with Crippen LogP contribution in [-0.2, 0) is 23.9 Å². The number of ether oxygens (including phenoxy) is 1. The van der Waals surface area contributed by atoms with Gasteiger partial charge in [-0.15, -0.1) is 11.8 Å². The number of carbonyl (C=O) groups is 5. The molecule has 1 aliphatic rings. The van der Waals surface area contributed by atoms with E-state index in [0.29, 0.717) is 11.3 Å². The lowest BCUT2D eigenvalue weighted by Gasteiger charge is -2.17. The van der Waals surface area contributed by atoms with Gasteiger partial charge in [0.05, 0.1) is 23.1 Å². The van der Waals surface area contributed by atoms with E-state index < -0.39 is 41.0 Å². The number of benzene rings is 1. The maximum Gasteiger partial charge on any atom is 0.338 e. The van der Waals surface area contributed by atoms with Gasteiger partial charge in [-0.1, -0.05) is 0 Å². The molecule has 0 bridgehead atoms. The van der Waals surface area contributed by atoms with Crippen molar-refractivity contribution in [1.29, 1.82) is 0 Å². The second kappa shape index (κ2) is 9.36. The number of amides is 3. The van der Waals surface area contributed by atoms with Crippen LogP contribution in [0.1, 0.15) is 30.6 Å². The fraction of sp³-hybridized carbons (Fsp3) is 0.389. The van der Waals surface area contributed by atoms with E-state index >= 15 is 0 Å². The third kappa shape index (κ3) is 5.10. The maximum absolute atomic E-state index is 12.6. The van der Waals surface area contributed by atoms with Gasteiger partial charge in [0.15, 0.2) is 0 Å². The Kier molecular flexibility index (Phi) is 7.16. The van der Waals surface area contributed by atoms with Crippen molar-refractivity contribution in [3.8, 4) is 0 Å². The van der Waals surface area contributed by atoms with Crippen molar-refractivity contribution >= 4 is 47.1 Å². The highest BCUT2D eigenvalue weighted by Gasteiger charge is 2.40. The highest BCUT2D eigenvalue weighted by atomic mass is 32.2. The fourth-order valence-electron chi connectivity index (χ4n) is 2.60. The standard InChI is InChI=1S/C18H20N2O7S/c1-3-27-18(26)11-4-6-12(7-5-11)20-15(22)8-14(16(20)23)28-9-13(17(24)25)19-10(2)21/h4-7,13-14H,3,8-9H2,1-2H3,(H,19,21)(H,24,25). The van der Waals surface area contributed by atoms with Crippen LogP contribution in [0.5, 0.6) is 0 Å². The first-order valence-corrected chi connectivity index (χ1v) is 9.55. The lowest BCUT2D eigenvalue weighted by atomic mass is 10.2. The monoisotopic (exact) mass is 408 g/mol. The van der Waals surface area contributed by atoms with Gasteiger partial charge in [0, 0.05) is 19.1 Å². The number of hydrogen-bond donors (Lipinski definition) is 2. The number of carboxylic acid groups (broad SMARTS) is 1. The minimum Gasteiger partial charge on any atom is -0.480 e. The van der Waals surface area contributed by atoms with Crippen molar-refractivity contribution in [3.63, 3.8) is 0 Å². The molecular weight excluding hydrogens is 388 g/mol. The highest BCUT2D eigenvalue weighted by molar-refractivity contribution is 8.00. The Morgan fingerprint density at radius 1 is 1.29 bits per heavy atom. The van der Waals surface area contributed by atoms with Gasteiger partial charge in [-0.2, -0.15) is 0 Å². The van der Waals surface area contributed by atoms with Crippen LogP contribution in [0.4, 0.5) is 5.69 Å². The molecule has 10 heteroatoms. The molecule has 1 aliphatic heterocycles. The molecule has 3 amide bonds. The zero-order chi connectivity index (χ0) is 20.8. The van der Waals surface area contributed by atoms with Crippen LogP contribution < -0.4 is 10.2 Å². The first-order valence-electron chi connectivity index (χ1n) is 8.50. The molecule has 150 valence electrons. The molecule has 0 aromatic heterocycles. The zero-order valence-electron chi connectivity index (χ0n) is 15.3. The van der Waals surface area contributed by atoms with E-state index in [1.807, 2.05) is 0 Å². The number of esters is 1. The molecule has 1 aromatic rings. The quantitative estimate of drug-likeness (QED) is 0.478. The van der Waals surface area contributed by atoms with Crippen LogP contribution in [-0.4, -0.2) is 58.4 Å². The zero-order valence-corrected chi connectivity index (χ0v) is 16.2. The Labute approximate surface area is 165 Å². The van der Waals surface area contributed by atoms with Gasteiger partial charge >= 0.3 is 11.9 Å². The summed E-state index contributed by atoms with van der Waals surface area (Å²) in [5, 5.41) is 10.7. The van der Waals surface area contributed by atoms with E-state index in [1.54, 1.807) is 6.92 Å². The van der Waals surface area contributed by atoms with Crippen LogP contribution in [0.2, 0.25) is 0 Å². The molecule has 0 aliphatic carbocycles. The number of thioether (sulfide) groups is 1. The van der Waals surface area contributed by atoms with Crippen molar-refractivity contribution < 1.29 is 33.8 Å². The largest absolute Gasteiger partial charge is 0.480 e. The number of carbonyl (C=O) groups excluding carboxylic acids is 4. The molecule has 1 fully saturated rings. The second-order valence-electron chi connectivity index (χ2n) is 5.95. The average molecular weight is 408 g/mol. The molecule has 2 N–H and O–H groups in total. The highest BCUT2D eigenvalue weighted by Crippen LogP contribution is 2.30. The van der Waals surface area contributed by atoms with Gasteiger partial charge in [0.2, 0.25) is 17.7 Å². The van der Waals surface area contributed by atoms with Gasteiger partial charge in [-0.05, 0) is 31.2 Å². The van der Waals surface area contributed by atoms with E-state index in [4.69, 9.17) is 9.84 Å². The molecule has 2 unspecified atom stereocenters. The summed E-state index contributed by atoms with van der Waals surface area (Å²) in [4.78, 5) is 59.8. The molecule has 9 nitrogen and oxygen atoms in total. The topological polar surface area (TPSA) is 130 Å². The van der Waals surface area contributed by atoms with Crippen molar-refractivity contribution in [2.75, 3.05) is 17.3 Å². The van der Waals surface area contributed by atoms with Crippen LogP contribution in [0.3, 0.4) is 0 Å². The van der Waals surface area contributed by atoms with Crippen molar-refractivity contribution in [2.45, 2.75) is 31.6 Å². The number of anilines is 1. The van der Waals surface area contributed by atoms with E-state index in [2.05, 4.69) is 5.32 Å². The van der Waals surface area contributed by atoms with Crippen molar-refractivity contribution in [1.82, 2.24) is 5.32 Å². The third-order valence-electron chi connectivity index (χ3n) is 3.88. The number of nitrogens with zero attached hydrogens (tertiary/aromatic N) is 1. The Morgan fingerprint density at radius 3 is 2.46 bits per heavy atom. The predicted octanol–water partition coefficient (Wildman–Crippen LogP) is 0.818. The Hall–Kier alpha value is -2.88. The molecule has 0 radical (unpaired) electrons. The molecular formula is C18H20N2O7S. The van der Waals surface area contributed by atoms with Gasteiger partial charge in [0.1, 0.15) is 6.04 Å². The number of nitrogens with one attached hydrogen (secondary N) is 1. The number of imide groups is 1. The van der Waals surface area contributed by atoms with Gasteiger partial charge < -0.3 is 15.2 Å². The van der Waals surface area contributed by atoms with E-state index in [0.717, 1.165) is 16.7 Å². The predicted molar refractivity (Wildman–Crippen MR) is 101 cm³/mol. The van der Waals surface area contributed by atoms with E-state index in [1.165, 1.54) is 31.2 Å². The summed E-state index contributed by atoms with van der Waals surface area (Å²) in [6, 6.07) is 4.74. The van der Waals surface area contributed by atoms with Crippen molar-refractivity contribution in [2.24, 2.45) is 0 Å². The van der Waals surface area contributed by atoms with Gasteiger partial charge in [-0.25, -0.2) is 14.5 Å². The van der Waals surface area contributed by atoms with Crippen LogP contribution >= 0.6 is 11.8 Å². The molecule has 1 aromatic carbocycles. The first kappa shape index (κ1) is 21.4. The summed E-state index contributed by atoms with van der Waals surface area (Å²) in [5.74, 6) is -3.15. The summed E-state index contributed by atoms with van der Waals surface area (Å²) in [6.45, 7) is 3.12. The average Bonchev–Trinajstić information content (AvgIpc) is 2.92. The summed E-state index contributed by atoms with van der Waals surface area (Å²) in [6.07, 6.45) is -0.0739. The molecule has 0 spiro atoms. The number of aliphatic carboxylic acids is 1. The third-order valence-corrected chi connectivity index (χ3v) is 5.18. The molecule has 0 saturated carbocycles. The van der Waals surface area contributed by atoms with Gasteiger partial charge in [-0.3, -0.25) is 14.4 Å². The summed E-state index contributed by atoms with van der Waals surface area (Å²) in [7, 11) is 0. The minimum atomic E-state index is -1.22. The Balaban J connectivity index is 2.05. The number of rotatable bonds is 8. The van der Waals surface area contributed by atoms with Crippen LogP contribution in [0, 0.1) is 0 Å². The smallest absolute Gasteiger partial charge is 0.338 e. The lowest BCUT2D eigenvalue weighted by Crippen LogP contribution is -2.42. The molecule has 2 rings (SSSR count). The summed E-state index contributed by atoms with van der Waals surface area (Å²) < 4.78 is 4.89. The Bertz CT molecular complexity index is 794. The normalized spacial score (nSPS) is 17.4. The number of hydrogen-bond acceptors (Lipinski definition) is 7. The second-order valence-corrected chi connectivity index (χ2v) is 7.19. The SMILES string of the molecule is CCOC(=O)c1ccc(N2C(=O)CC(SCC(NC(C)=O)C(=O)O)C2=O)cc1. The lowest BCUT2D eigenvalue weighted by molar-refractivity contribution is -0.140. The van der Waals surface area contributed by atoms with Crippen molar-refractivity contribution in [3.05, 3.63) is 29.8 Å². The molecule has 1 saturated heterocycles. The Morgan fingerprint density at radius 2 is 1.93 bits per heavy atom. The summed E-state index contributed by atoms with van der Waals surface area (Å²) >= 11 is 1.01. The molecule has 28 heavy (non-hydrogen) atoms.